The molecule has 0 saturated heterocycles. The van der Waals surface area contributed by atoms with Crippen LogP contribution < -0.4 is 11.3 Å². The molecule has 0 saturated carbocycles. The van der Waals surface area contributed by atoms with E-state index in [1.165, 1.54) is 0 Å². The molecule has 1 heterocycles. The molecular weight excluding hydrogens is 258 g/mol. The van der Waals surface area contributed by atoms with Gasteiger partial charge in [0.1, 0.15) is 5.76 Å². The first-order valence-electron chi connectivity index (χ1n) is 6.79. The van der Waals surface area contributed by atoms with Crippen molar-refractivity contribution in [3.8, 4) is 0 Å². The van der Waals surface area contributed by atoms with Crippen molar-refractivity contribution in [3.63, 3.8) is 0 Å². The molecule has 1 aromatic heterocycles. The number of amides is 1. The Morgan fingerprint density at radius 1 is 1.55 bits per heavy atom. The Labute approximate surface area is 120 Å². The van der Waals surface area contributed by atoms with E-state index < -0.39 is 5.91 Å². The molecule has 1 rings (SSSR count). The summed E-state index contributed by atoms with van der Waals surface area (Å²) in [6, 6.07) is 1.75. The Hall–Kier alpha value is -1.37. The molecule has 0 fully saturated rings. The number of hydrazine groups is 1. The number of carbonyl (C=O) groups excluding carboxylic acids is 1. The first kappa shape index (κ1) is 16.7. The van der Waals surface area contributed by atoms with Gasteiger partial charge in [0.25, 0.3) is 0 Å². The first-order chi connectivity index (χ1) is 9.47. The Kier molecular flexibility index (Phi) is 6.70. The van der Waals surface area contributed by atoms with Gasteiger partial charge in [0, 0.05) is 32.3 Å². The van der Waals surface area contributed by atoms with E-state index in [1.54, 1.807) is 13.2 Å². The van der Waals surface area contributed by atoms with Crippen molar-refractivity contribution in [2.75, 3.05) is 26.8 Å². The maximum atomic E-state index is 11.5. The van der Waals surface area contributed by atoms with E-state index in [2.05, 4.69) is 24.2 Å². The SMILES string of the molecule is COCCN(Cc1cc(C(=O)NN)oc1C)CC(C)C. The third-order valence-corrected chi connectivity index (χ3v) is 3.00. The van der Waals surface area contributed by atoms with Gasteiger partial charge in [-0.2, -0.15) is 0 Å². The highest BCUT2D eigenvalue weighted by atomic mass is 16.5. The van der Waals surface area contributed by atoms with Crippen molar-refractivity contribution in [3.05, 3.63) is 23.2 Å². The third-order valence-electron chi connectivity index (χ3n) is 3.00. The van der Waals surface area contributed by atoms with E-state index in [0.717, 1.165) is 31.0 Å². The van der Waals surface area contributed by atoms with Crippen molar-refractivity contribution >= 4 is 5.91 Å². The maximum absolute atomic E-state index is 11.5. The number of nitrogens with two attached hydrogens (primary N) is 1. The van der Waals surface area contributed by atoms with Gasteiger partial charge >= 0.3 is 5.91 Å². The topological polar surface area (TPSA) is 80.7 Å². The summed E-state index contributed by atoms with van der Waals surface area (Å²) in [5, 5.41) is 0. The fraction of sp³-hybridized carbons (Fsp3) is 0.643. The lowest BCUT2D eigenvalue weighted by atomic mass is 10.1. The summed E-state index contributed by atoms with van der Waals surface area (Å²) in [5.74, 6) is 6.25. The van der Waals surface area contributed by atoms with Gasteiger partial charge in [-0.1, -0.05) is 13.8 Å². The zero-order valence-corrected chi connectivity index (χ0v) is 12.7. The molecule has 0 aliphatic carbocycles. The second kappa shape index (κ2) is 8.04. The Morgan fingerprint density at radius 2 is 2.25 bits per heavy atom. The van der Waals surface area contributed by atoms with E-state index in [0.29, 0.717) is 12.5 Å². The number of nitrogens with zero attached hydrogens (tertiary/aromatic N) is 1. The number of ether oxygens (including phenoxy) is 1. The van der Waals surface area contributed by atoms with Gasteiger partial charge in [-0.05, 0) is 18.9 Å². The number of nitrogens with one attached hydrogen (secondary N) is 1. The molecule has 1 amide bonds. The van der Waals surface area contributed by atoms with Crippen LogP contribution in [0.1, 0.15) is 35.7 Å². The molecule has 6 heteroatoms. The highest BCUT2D eigenvalue weighted by Crippen LogP contribution is 2.17. The monoisotopic (exact) mass is 283 g/mol. The van der Waals surface area contributed by atoms with Crippen LogP contribution in [-0.4, -0.2) is 37.6 Å². The average Bonchev–Trinajstić information content (AvgIpc) is 2.76. The Morgan fingerprint density at radius 3 is 2.80 bits per heavy atom. The number of rotatable bonds is 8. The van der Waals surface area contributed by atoms with Crippen molar-refractivity contribution in [1.82, 2.24) is 10.3 Å². The fourth-order valence-corrected chi connectivity index (χ4v) is 2.07. The number of methoxy groups -OCH3 is 1. The average molecular weight is 283 g/mol. The Bertz CT molecular complexity index is 429. The number of carbonyl (C=O) groups is 1. The van der Waals surface area contributed by atoms with Gasteiger partial charge in [-0.25, -0.2) is 5.84 Å². The van der Waals surface area contributed by atoms with Gasteiger partial charge in [-0.15, -0.1) is 0 Å². The number of nitrogen functional groups attached to an aromatic ring is 1. The highest BCUT2D eigenvalue weighted by molar-refractivity contribution is 5.91. The molecular formula is C14H25N3O3. The third kappa shape index (κ3) is 4.96. The van der Waals surface area contributed by atoms with E-state index in [4.69, 9.17) is 15.0 Å². The smallest absolute Gasteiger partial charge is 0.300 e. The van der Waals surface area contributed by atoms with Crippen LogP contribution in [0.25, 0.3) is 0 Å². The minimum atomic E-state index is -0.411. The van der Waals surface area contributed by atoms with Crippen LogP contribution >= 0.6 is 0 Å². The molecule has 1 aromatic rings. The zero-order valence-electron chi connectivity index (χ0n) is 12.7. The van der Waals surface area contributed by atoms with Crippen LogP contribution in [0.5, 0.6) is 0 Å². The van der Waals surface area contributed by atoms with Crippen molar-refractivity contribution in [2.24, 2.45) is 11.8 Å². The first-order valence-corrected chi connectivity index (χ1v) is 6.79. The van der Waals surface area contributed by atoms with Gasteiger partial charge in [0.05, 0.1) is 6.61 Å². The molecule has 3 N–H and O–H groups in total. The van der Waals surface area contributed by atoms with Crippen LogP contribution in [-0.2, 0) is 11.3 Å². The van der Waals surface area contributed by atoms with Gasteiger partial charge in [-0.3, -0.25) is 15.1 Å². The van der Waals surface area contributed by atoms with Gasteiger partial charge in [0.15, 0.2) is 5.76 Å². The second-order valence-corrected chi connectivity index (χ2v) is 5.29. The molecule has 0 bridgehead atoms. The zero-order chi connectivity index (χ0) is 15.1. The fourth-order valence-electron chi connectivity index (χ4n) is 2.07. The standard InChI is InChI=1S/C14H25N3O3/c1-10(2)8-17(5-6-19-4)9-12-7-13(14(18)16-15)20-11(12)3/h7,10H,5-6,8-9,15H2,1-4H3,(H,16,18). The van der Waals surface area contributed by atoms with E-state index in [1.807, 2.05) is 6.92 Å². The predicted molar refractivity (Wildman–Crippen MR) is 77.1 cm³/mol. The van der Waals surface area contributed by atoms with Crippen LogP contribution in [0.3, 0.4) is 0 Å². The maximum Gasteiger partial charge on any atom is 0.300 e. The largest absolute Gasteiger partial charge is 0.456 e. The quantitative estimate of drug-likeness (QED) is 0.427. The summed E-state index contributed by atoms with van der Waals surface area (Å²) in [4.78, 5) is 13.7. The van der Waals surface area contributed by atoms with Crippen molar-refractivity contribution in [1.29, 1.82) is 0 Å². The number of aryl methyl sites for hydroxylation is 1. The molecule has 0 atom stereocenters. The van der Waals surface area contributed by atoms with Crippen LogP contribution in [0, 0.1) is 12.8 Å². The van der Waals surface area contributed by atoms with E-state index in [9.17, 15) is 4.79 Å². The summed E-state index contributed by atoms with van der Waals surface area (Å²) in [7, 11) is 1.69. The summed E-state index contributed by atoms with van der Waals surface area (Å²) >= 11 is 0. The minimum absolute atomic E-state index is 0.247. The number of hydrogen-bond donors (Lipinski definition) is 2. The molecule has 20 heavy (non-hydrogen) atoms. The second-order valence-electron chi connectivity index (χ2n) is 5.29. The predicted octanol–water partition coefficient (Wildman–Crippen LogP) is 1.30. The molecule has 0 aromatic carbocycles. The van der Waals surface area contributed by atoms with Crippen LogP contribution in [0.4, 0.5) is 0 Å². The number of furan rings is 1. The molecule has 0 unspecified atom stereocenters. The lowest BCUT2D eigenvalue weighted by molar-refractivity contribution is 0.0924. The number of hydrogen-bond acceptors (Lipinski definition) is 5. The lowest BCUT2D eigenvalue weighted by Gasteiger charge is -2.23. The summed E-state index contributed by atoms with van der Waals surface area (Å²) < 4.78 is 10.6. The summed E-state index contributed by atoms with van der Waals surface area (Å²) in [6.07, 6.45) is 0. The molecule has 0 radical (unpaired) electrons. The summed E-state index contributed by atoms with van der Waals surface area (Å²) in [5.41, 5.74) is 3.08. The molecule has 0 aliphatic rings. The van der Waals surface area contributed by atoms with Gasteiger partial charge < -0.3 is 9.15 Å². The highest BCUT2D eigenvalue weighted by Gasteiger charge is 2.16. The minimum Gasteiger partial charge on any atom is -0.456 e. The molecule has 114 valence electrons. The van der Waals surface area contributed by atoms with E-state index in [-0.39, 0.29) is 5.76 Å². The van der Waals surface area contributed by atoms with Crippen LogP contribution in [0.15, 0.2) is 10.5 Å². The van der Waals surface area contributed by atoms with Crippen LogP contribution in [0.2, 0.25) is 0 Å². The van der Waals surface area contributed by atoms with Gasteiger partial charge in [0.2, 0.25) is 0 Å². The lowest BCUT2D eigenvalue weighted by Crippen LogP contribution is -2.31. The molecule has 0 spiro atoms. The Balaban J connectivity index is 2.76. The summed E-state index contributed by atoms with van der Waals surface area (Å²) in [6.45, 7) is 9.43. The molecule has 0 aliphatic heterocycles. The van der Waals surface area contributed by atoms with E-state index >= 15 is 0 Å². The normalized spacial score (nSPS) is 11.3. The molecule has 6 nitrogen and oxygen atoms in total. The van der Waals surface area contributed by atoms with Crippen molar-refractivity contribution in [2.45, 2.75) is 27.3 Å². The van der Waals surface area contributed by atoms with Crippen molar-refractivity contribution < 1.29 is 13.9 Å².